The van der Waals surface area contributed by atoms with Crippen LogP contribution in [0.15, 0.2) is 28.1 Å². The molecule has 0 bridgehead atoms. The molecule has 19 heavy (non-hydrogen) atoms. The quantitative estimate of drug-likeness (QED) is 0.818. The van der Waals surface area contributed by atoms with Crippen molar-refractivity contribution in [1.82, 2.24) is 14.7 Å². The number of aliphatic carboxylic acids is 1. The minimum Gasteiger partial charge on any atom is -0.481 e. The highest BCUT2D eigenvalue weighted by molar-refractivity contribution is 7.99. The van der Waals surface area contributed by atoms with E-state index in [9.17, 15) is 4.79 Å². The van der Waals surface area contributed by atoms with Gasteiger partial charge in [-0.3, -0.25) is 4.79 Å². The van der Waals surface area contributed by atoms with Gasteiger partial charge < -0.3 is 14.2 Å². The Hall–Kier alpha value is -1.76. The SMILES string of the molecule is CC(C)c1cnc(SCC(=O)O)n1Cc1ccno1. The van der Waals surface area contributed by atoms with Crippen LogP contribution >= 0.6 is 11.8 Å². The summed E-state index contributed by atoms with van der Waals surface area (Å²) in [4.78, 5) is 14.9. The first-order valence-corrected chi connectivity index (χ1v) is 6.86. The Kier molecular flexibility index (Phi) is 4.26. The van der Waals surface area contributed by atoms with E-state index in [-0.39, 0.29) is 5.75 Å². The summed E-state index contributed by atoms with van der Waals surface area (Å²) in [6.45, 7) is 4.65. The number of nitrogens with zero attached hydrogens (tertiary/aromatic N) is 3. The zero-order chi connectivity index (χ0) is 13.8. The van der Waals surface area contributed by atoms with Gasteiger partial charge in [-0.15, -0.1) is 0 Å². The van der Waals surface area contributed by atoms with Crippen molar-refractivity contribution >= 4 is 17.7 Å². The molecule has 0 aliphatic heterocycles. The molecule has 0 radical (unpaired) electrons. The summed E-state index contributed by atoms with van der Waals surface area (Å²) in [5.41, 5.74) is 1.05. The zero-order valence-electron chi connectivity index (χ0n) is 10.7. The van der Waals surface area contributed by atoms with Gasteiger partial charge in [-0.25, -0.2) is 4.98 Å². The molecule has 2 aromatic heterocycles. The molecule has 6 nitrogen and oxygen atoms in total. The summed E-state index contributed by atoms with van der Waals surface area (Å²) < 4.78 is 7.07. The maximum Gasteiger partial charge on any atom is 0.313 e. The number of carboxylic acids is 1. The Balaban J connectivity index is 2.25. The molecule has 0 spiro atoms. The van der Waals surface area contributed by atoms with Gasteiger partial charge in [-0.1, -0.05) is 30.8 Å². The number of imidazole rings is 1. The summed E-state index contributed by atoms with van der Waals surface area (Å²) in [5.74, 6) is 0.155. The van der Waals surface area contributed by atoms with Crippen LogP contribution in [0.4, 0.5) is 0 Å². The first-order chi connectivity index (χ1) is 9.08. The standard InChI is InChI=1S/C12H15N3O3S/c1-8(2)10-5-13-12(19-7-11(16)17)15(10)6-9-3-4-14-18-9/h3-5,8H,6-7H2,1-2H3,(H,16,17). The molecule has 2 aromatic rings. The summed E-state index contributed by atoms with van der Waals surface area (Å²) in [5, 5.41) is 13.1. The molecule has 2 rings (SSSR count). The van der Waals surface area contributed by atoms with Crippen LogP contribution in [0, 0.1) is 0 Å². The molecule has 0 atom stereocenters. The number of hydrogen-bond acceptors (Lipinski definition) is 5. The van der Waals surface area contributed by atoms with Crippen molar-refractivity contribution in [3.8, 4) is 0 Å². The van der Waals surface area contributed by atoms with Crippen molar-refractivity contribution in [1.29, 1.82) is 0 Å². The number of carbonyl (C=O) groups is 1. The molecule has 0 aliphatic carbocycles. The van der Waals surface area contributed by atoms with Gasteiger partial charge in [0.2, 0.25) is 0 Å². The lowest BCUT2D eigenvalue weighted by atomic mass is 10.1. The molecule has 1 N–H and O–H groups in total. The number of aromatic nitrogens is 3. The third-order valence-corrected chi connectivity index (χ3v) is 3.55. The van der Waals surface area contributed by atoms with Crippen LogP contribution in [-0.4, -0.2) is 31.5 Å². The molecule has 0 unspecified atom stereocenters. The fraction of sp³-hybridized carbons (Fsp3) is 0.417. The van der Waals surface area contributed by atoms with Gasteiger partial charge >= 0.3 is 5.97 Å². The maximum absolute atomic E-state index is 10.7. The molecule has 2 heterocycles. The lowest BCUT2D eigenvalue weighted by Gasteiger charge is -2.11. The second-order valence-electron chi connectivity index (χ2n) is 4.37. The third-order valence-electron chi connectivity index (χ3n) is 2.57. The third kappa shape index (κ3) is 3.37. The molecular weight excluding hydrogens is 266 g/mol. The summed E-state index contributed by atoms with van der Waals surface area (Å²) >= 11 is 1.21. The van der Waals surface area contributed by atoms with Crippen molar-refractivity contribution in [3.05, 3.63) is 29.9 Å². The van der Waals surface area contributed by atoms with Gasteiger partial charge in [-0.05, 0) is 5.92 Å². The van der Waals surface area contributed by atoms with Crippen molar-refractivity contribution in [3.63, 3.8) is 0 Å². The molecule has 0 fully saturated rings. The van der Waals surface area contributed by atoms with Crippen molar-refractivity contribution < 1.29 is 14.4 Å². The smallest absolute Gasteiger partial charge is 0.313 e. The number of thioether (sulfide) groups is 1. The van der Waals surface area contributed by atoms with E-state index in [1.54, 1.807) is 18.5 Å². The van der Waals surface area contributed by atoms with Crippen LogP contribution in [0.1, 0.15) is 31.2 Å². The largest absolute Gasteiger partial charge is 0.481 e. The topological polar surface area (TPSA) is 81.1 Å². The fourth-order valence-electron chi connectivity index (χ4n) is 1.71. The minimum atomic E-state index is -0.856. The van der Waals surface area contributed by atoms with Gasteiger partial charge in [0, 0.05) is 18.0 Å². The van der Waals surface area contributed by atoms with Crippen LogP contribution in [-0.2, 0) is 11.3 Å². The van der Waals surface area contributed by atoms with Crippen molar-refractivity contribution in [2.45, 2.75) is 31.5 Å². The lowest BCUT2D eigenvalue weighted by Crippen LogP contribution is -2.08. The predicted octanol–water partition coefficient (Wildman–Crippen LogP) is 2.22. The number of rotatable bonds is 6. The Labute approximate surface area is 114 Å². The molecule has 0 aliphatic rings. The van der Waals surface area contributed by atoms with E-state index in [0.29, 0.717) is 17.6 Å². The molecular formula is C12H15N3O3S. The van der Waals surface area contributed by atoms with E-state index in [1.807, 2.05) is 4.57 Å². The van der Waals surface area contributed by atoms with Crippen molar-refractivity contribution in [2.75, 3.05) is 5.75 Å². The molecule has 0 saturated carbocycles. The van der Waals surface area contributed by atoms with Gasteiger partial charge in [-0.2, -0.15) is 0 Å². The highest BCUT2D eigenvalue weighted by Crippen LogP contribution is 2.24. The van der Waals surface area contributed by atoms with Crippen LogP contribution in [0.25, 0.3) is 0 Å². The Bertz CT molecular complexity index is 549. The second kappa shape index (κ2) is 5.92. The highest BCUT2D eigenvalue weighted by Gasteiger charge is 2.15. The maximum atomic E-state index is 10.7. The van der Waals surface area contributed by atoms with E-state index in [2.05, 4.69) is 24.0 Å². The Morgan fingerprint density at radius 2 is 2.37 bits per heavy atom. The second-order valence-corrected chi connectivity index (χ2v) is 5.31. The summed E-state index contributed by atoms with van der Waals surface area (Å²) in [6.07, 6.45) is 3.37. The lowest BCUT2D eigenvalue weighted by molar-refractivity contribution is -0.133. The van der Waals surface area contributed by atoms with E-state index in [4.69, 9.17) is 9.63 Å². The molecule has 0 saturated heterocycles. The summed E-state index contributed by atoms with van der Waals surface area (Å²) in [6, 6.07) is 1.79. The minimum absolute atomic E-state index is 0.00897. The molecule has 0 amide bonds. The average Bonchev–Trinajstić information content (AvgIpc) is 2.96. The molecule has 102 valence electrons. The van der Waals surface area contributed by atoms with E-state index < -0.39 is 5.97 Å². The van der Waals surface area contributed by atoms with Gasteiger partial charge in [0.25, 0.3) is 0 Å². The van der Waals surface area contributed by atoms with E-state index in [1.165, 1.54) is 11.8 Å². The van der Waals surface area contributed by atoms with Gasteiger partial charge in [0.15, 0.2) is 10.9 Å². The van der Waals surface area contributed by atoms with Crippen LogP contribution in [0.5, 0.6) is 0 Å². The first-order valence-electron chi connectivity index (χ1n) is 5.87. The first kappa shape index (κ1) is 13.7. The number of carboxylic acid groups (broad SMARTS) is 1. The van der Waals surface area contributed by atoms with Crippen LogP contribution < -0.4 is 0 Å². The van der Waals surface area contributed by atoms with Crippen LogP contribution in [0.2, 0.25) is 0 Å². The normalized spacial score (nSPS) is 11.1. The summed E-state index contributed by atoms with van der Waals surface area (Å²) in [7, 11) is 0. The van der Waals surface area contributed by atoms with Crippen molar-refractivity contribution in [2.24, 2.45) is 0 Å². The monoisotopic (exact) mass is 281 g/mol. The highest BCUT2D eigenvalue weighted by atomic mass is 32.2. The predicted molar refractivity (Wildman–Crippen MR) is 70.3 cm³/mol. The van der Waals surface area contributed by atoms with Crippen LogP contribution in [0.3, 0.4) is 0 Å². The molecule has 0 aromatic carbocycles. The molecule has 7 heteroatoms. The Morgan fingerprint density at radius 1 is 1.58 bits per heavy atom. The van der Waals surface area contributed by atoms with Gasteiger partial charge in [0.1, 0.15) is 0 Å². The Morgan fingerprint density at radius 3 is 2.95 bits per heavy atom. The fourth-order valence-corrected chi connectivity index (χ4v) is 2.42. The zero-order valence-corrected chi connectivity index (χ0v) is 11.6. The van der Waals surface area contributed by atoms with Gasteiger partial charge in [0.05, 0.1) is 18.5 Å². The van der Waals surface area contributed by atoms with E-state index in [0.717, 1.165) is 11.5 Å². The van der Waals surface area contributed by atoms with E-state index >= 15 is 0 Å². The average molecular weight is 281 g/mol. The number of hydrogen-bond donors (Lipinski definition) is 1.